The molecule has 154 valence electrons. The number of methoxy groups -OCH3 is 1. The first-order valence-electron chi connectivity index (χ1n) is 9.14. The van der Waals surface area contributed by atoms with Gasteiger partial charge in [0, 0.05) is 17.4 Å². The van der Waals surface area contributed by atoms with Crippen molar-refractivity contribution in [2.24, 2.45) is 0 Å². The summed E-state index contributed by atoms with van der Waals surface area (Å²) in [7, 11) is 1.57. The molecule has 0 aliphatic carbocycles. The van der Waals surface area contributed by atoms with Crippen molar-refractivity contribution in [1.29, 1.82) is 0 Å². The molecule has 1 aliphatic rings. The maximum Gasteiger partial charge on any atom is 0.332 e. The highest BCUT2D eigenvalue weighted by Gasteiger charge is 2.23. The molecule has 0 spiro atoms. The number of benzene rings is 2. The van der Waals surface area contributed by atoms with Gasteiger partial charge in [0.05, 0.1) is 12.0 Å². The summed E-state index contributed by atoms with van der Waals surface area (Å²) in [6.07, 6.45) is 0. The lowest BCUT2D eigenvalue weighted by Crippen LogP contribution is -2.15. The van der Waals surface area contributed by atoms with Crippen LogP contribution in [0, 0.1) is 17.0 Å². The lowest BCUT2D eigenvalue weighted by Gasteiger charge is -2.19. The van der Waals surface area contributed by atoms with Gasteiger partial charge < -0.3 is 24.8 Å². The molecule has 2 N–H and O–H groups in total. The SMILES string of the molecule is COc1ccc(Nc2nc(Nc3ccc4c(c3)OCCO4)nc(C)c2[N+](=O)[O-])cc1. The van der Waals surface area contributed by atoms with E-state index in [4.69, 9.17) is 14.2 Å². The van der Waals surface area contributed by atoms with Gasteiger partial charge in [-0.3, -0.25) is 10.1 Å². The van der Waals surface area contributed by atoms with Gasteiger partial charge in [0.2, 0.25) is 11.8 Å². The van der Waals surface area contributed by atoms with E-state index in [-0.39, 0.29) is 23.1 Å². The normalized spacial score (nSPS) is 12.2. The van der Waals surface area contributed by atoms with E-state index < -0.39 is 4.92 Å². The van der Waals surface area contributed by atoms with Gasteiger partial charge in [-0.2, -0.15) is 4.98 Å². The Kier molecular flexibility index (Phi) is 5.21. The highest BCUT2D eigenvalue weighted by Crippen LogP contribution is 2.34. The number of rotatable bonds is 6. The molecule has 0 amide bonds. The van der Waals surface area contributed by atoms with E-state index in [1.165, 1.54) is 0 Å². The summed E-state index contributed by atoms with van der Waals surface area (Å²) in [5.41, 5.74) is 1.33. The molecule has 4 rings (SSSR count). The van der Waals surface area contributed by atoms with Crippen molar-refractivity contribution in [3.63, 3.8) is 0 Å². The van der Waals surface area contributed by atoms with E-state index in [0.29, 0.717) is 41.8 Å². The topological polar surface area (TPSA) is 121 Å². The molecule has 10 heteroatoms. The lowest BCUT2D eigenvalue weighted by molar-refractivity contribution is -0.385. The Hall–Kier alpha value is -4.08. The summed E-state index contributed by atoms with van der Waals surface area (Å²) in [5.74, 6) is 2.24. The number of nitrogens with one attached hydrogen (secondary N) is 2. The number of hydrogen-bond donors (Lipinski definition) is 2. The average Bonchev–Trinajstić information content (AvgIpc) is 2.73. The maximum atomic E-state index is 11.6. The van der Waals surface area contributed by atoms with E-state index in [9.17, 15) is 10.1 Å². The molecule has 10 nitrogen and oxygen atoms in total. The first-order valence-corrected chi connectivity index (χ1v) is 9.14. The molecule has 1 aromatic heterocycles. The van der Waals surface area contributed by atoms with Gasteiger partial charge in [-0.1, -0.05) is 0 Å². The largest absolute Gasteiger partial charge is 0.497 e. The van der Waals surface area contributed by atoms with E-state index in [0.717, 1.165) is 0 Å². The Balaban J connectivity index is 1.64. The van der Waals surface area contributed by atoms with Gasteiger partial charge in [-0.05, 0) is 43.3 Å². The van der Waals surface area contributed by atoms with Crippen molar-refractivity contribution in [3.05, 3.63) is 58.3 Å². The molecule has 0 radical (unpaired) electrons. The zero-order chi connectivity index (χ0) is 21.1. The molecule has 30 heavy (non-hydrogen) atoms. The second kappa shape index (κ2) is 8.11. The van der Waals surface area contributed by atoms with Crippen molar-refractivity contribution in [1.82, 2.24) is 9.97 Å². The van der Waals surface area contributed by atoms with Crippen LogP contribution < -0.4 is 24.8 Å². The summed E-state index contributed by atoms with van der Waals surface area (Å²) in [5, 5.41) is 17.6. The number of nitro groups is 1. The van der Waals surface area contributed by atoms with Crippen molar-refractivity contribution < 1.29 is 19.1 Å². The number of fused-ring (bicyclic) bond motifs is 1. The molecule has 0 unspecified atom stereocenters. The van der Waals surface area contributed by atoms with Crippen LogP contribution in [0.4, 0.5) is 28.8 Å². The maximum absolute atomic E-state index is 11.6. The molecule has 1 aliphatic heterocycles. The van der Waals surface area contributed by atoms with E-state index in [1.807, 2.05) is 0 Å². The third-order valence-corrected chi connectivity index (χ3v) is 4.39. The second-order valence-corrected chi connectivity index (χ2v) is 6.42. The minimum atomic E-state index is -0.505. The predicted octanol–water partition coefficient (Wildman–Crippen LogP) is 3.96. The zero-order valence-corrected chi connectivity index (χ0v) is 16.3. The molecular weight excluding hydrogens is 390 g/mol. The lowest BCUT2D eigenvalue weighted by atomic mass is 10.2. The van der Waals surface area contributed by atoms with Gasteiger partial charge in [0.1, 0.15) is 24.7 Å². The smallest absolute Gasteiger partial charge is 0.332 e. The fourth-order valence-corrected chi connectivity index (χ4v) is 2.99. The van der Waals surface area contributed by atoms with E-state index in [2.05, 4.69) is 20.6 Å². The van der Waals surface area contributed by atoms with Crippen molar-refractivity contribution in [2.75, 3.05) is 31.0 Å². The first kappa shape index (κ1) is 19.2. The standard InChI is InChI=1S/C20H19N5O5/c1-12-18(25(26)27)19(22-13-3-6-15(28-2)7-4-13)24-20(21-12)23-14-5-8-16-17(11-14)30-10-9-29-16/h3-8,11H,9-10H2,1-2H3,(H2,21,22,23,24). The average molecular weight is 409 g/mol. The molecule has 0 atom stereocenters. The number of nitrogens with zero attached hydrogens (tertiary/aromatic N) is 3. The van der Waals surface area contributed by atoms with Crippen LogP contribution in [0.15, 0.2) is 42.5 Å². The Morgan fingerprint density at radius 3 is 2.40 bits per heavy atom. The summed E-state index contributed by atoms with van der Waals surface area (Å²) in [4.78, 5) is 19.6. The fourth-order valence-electron chi connectivity index (χ4n) is 2.99. The van der Waals surface area contributed by atoms with Crippen LogP contribution in [-0.4, -0.2) is 35.2 Å². The number of aryl methyl sites for hydroxylation is 1. The molecule has 0 bridgehead atoms. The molecule has 0 saturated heterocycles. The van der Waals surface area contributed by atoms with Gasteiger partial charge >= 0.3 is 5.69 Å². The van der Waals surface area contributed by atoms with Gasteiger partial charge in [-0.25, -0.2) is 4.98 Å². The Labute approximate surface area is 172 Å². The summed E-state index contributed by atoms with van der Waals surface area (Å²) in [6, 6.07) is 12.3. The van der Waals surface area contributed by atoms with Crippen LogP contribution in [0.2, 0.25) is 0 Å². The number of hydrogen-bond acceptors (Lipinski definition) is 9. The Bertz CT molecular complexity index is 1090. The first-order chi connectivity index (χ1) is 14.5. The van der Waals surface area contributed by atoms with E-state index >= 15 is 0 Å². The van der Waals surface area contributed by atoms with Crippen LogP contribution in [-0.2, 0) is 0 Å². The van der Waals surface area contributed by atoms with Crippen LogP contribution in [0.5, 0.6) is 17.2 Å². The highest BCUT2D eigenvalue weighted by atomic mass is 16.6. The van der Waals surface area contributed by atoms with Gasteiger partial charge in [0.15, 0.2) is 11.5 Å². The Morgan fingerprint density at radius 2 is 1.70 bits per heavy atom. The van der Waals surface area contributed by atoms with Crippen molar-refractivity contribution in [2.45, 2.75) is 6.92 Å². The van der Waals surface area contributed by atoms with Crippen LogP contribution in [0.3, 0.4) is 0 Å². The van der Waals surface area contributed by atoms with E-state index in [1.54, 1.807) is 56.5 Å². The molecule has 2 heterocycles. The molecule has 3 aromatic rings. The number of anilines is 4. The third kappa shape index (κ3) is 4.02. The molecule has 0 fully saturated rings. The van der Waals surface area contributed by atoms with Crippen LogP contribution >= 0.6 is 0 Å². The number of aromatic nitrogens is 2. The quantitative estimate of drug-likeness (QED) is 0.460. The summed E-state index contributed by atoms with van der Waals surface area (Å²) < 4.78 is 16.2. The summed E-state index contributed by atoms with van der Waals surface area (Å²) >= 11 is 0. The number of ether oxygens (including phenoxy) is 3. The zero-order valence-electron chi connectivity index (χ0n) is 16.3. The van der Waals surface area contributed by atoms with Crippen molar-refractivity contribution >= 4 is 28.8 Å². The van der Waals surface area contributed by atoms with Crippen molar-refractivity contribution in [3.8, 4) is 17.2 Å². The monoisotopic (exact) mass is 409 g/mol. The molecule has 0 saturated carbocycles. The van der Waals surface area contributed by atoms with Crippen LogP contribution in [0.1, 0.15) is 5.69 Å². The fraction of sp³-hybridized carbons (Fsp3) is 0.200. The molecule has 2 aromatic carbocycles. The van der Waals surface area contributed by atoms with Gasteiger partial charge in [0.25, 0.3) is 0 Å². The molecular formula is C20H19N5O5. The highest BCUT2D eigenvalue weighted by molar-refractivity contribution is 5.70. The summed E-state index contributed by atoms with van der Waals surface area (Å²) in [6.45, 7) is 2.54. The van der Waals surface area contributed by atoms with Crippen LogP contribution in [0.25, 0.3) is 0 Å². The van der Waals surface area contributed by atoms with Gasteiger partial charge in [-0.15, -0.1) is 0 Å². The Morgan fingerprint density at radius 1 is 1.00 bits per heavy atom. The minimum absolute atomic E-state index is 0.0812. The second-order valence-electron chi connectivity index (χ2n) is 6.42. The minimum Gasteiger partial charge on any atom is -0.497 e. The predicted molar refractivity (Wildman–Crippen MR) is 110 cm³/mol. The third-order valence-electron chi connectivity index (χ3n) is 4.39.